The first-order valence-corrected chi connectivity index (χ1v) is 9.74. The van der Waals surface area contributed by atoms with Crippen LogP contribution in [0.2, 0.25) is 0 Å². The summed E-state index contributed by atoms with van der Waals surface area (Å²) in [5.41, 5.74) is 1.89. The molecule has 0 spiro atoms. The van der Waals surface area contributed by atoms with E-state index < -0.39 is 0 Å². The molecule has 4 rings (SSSR count). The number of thioether (sulfide) groups is 1. The van der Waals surface area contributed by atoms with Crippen molar-refractivity contribution < 1.29 is 4.74 Å². The molecule has 2 aromatic carbocycles. The molecule has 0 N–H and O–H groups in total. The third-order valence-corrected chi connectivity index (χ3v) is 5.23. The van der Waals surface area contributed by atoms with Gasteiger partial charge >= 0.3 is 0 Å². The Morgan fingerprint density at radius 2 is 1.93 bits per heavy atom. The molecule has 0 aliphatic rings. The second kappa shape index (κ2) is 7.08. The maximum atomic E-state index is 12.5. The topological polar surface area (TPSA) is 61.4 Å². The van der Waals surface area contributed by atoms with Crippen molar-refractivity contribution in [2.24, 2.45) is 7.05 Å². The van der Waals surface area contributed by atoms with Gasteiger partial charge in [-0.15, -0.1) is 10.2 Å². The number of fused-ring (bicyclic) bond motifs is 3. The van der Waals surface area contributed by atoms with Crippen LogP contribution >= 0.6 is 11.8 Å². The van der Waals surface area contributed by atoms with Crippen LogP contribution < -0.4 is 10.3 Å². The van der Waals surface area contributed by atoms with Gasteiger partial charge in [0.05, 0.1) is 17.0 Å². The molecule has 0 bridgehead atoms. The first kappa shape index (κ1) is 17.6. The smallest absolute Gasteiger partial charge is 0.262 e. The van der Waals surface area contributed by atoms with Gasteiger partial charge in [0.15, 0.2) is 5.16 Å². The van der Waals surface area contributed by atoms with E-state index in [1.165, 1.54) is 4.57 Å². The van der Waals surface area contributed by atoms with E-state index in [2.05, 4.69) is 16.3 Å². The lowest BCUT2D eigenvalue weighted by Crippen LogP contribution is -2.20. The zero-order valence-corrected chi connectivity index (χ0v) is 16.2. The van der Waals surface area contributed by atoms with Crippen molar-refractivity contribution in [3.63, 3.8) is 0 Å². The molecule has 6 nitrogen and oxygen atoms in total. The van der Waals surface area contributed by atoms with Crippen LogP contribution in [0.1, 0.15) is 19.4 Å². The standard InChI is InChI=1S/C20H20N4O2S/c1-13(2)26-15-8-6-7-14(11-15)12-27-20-22-21-19-23(3)18(25)16-9-4-5-10-17(16)24(19)20/h4-11,13H,12H2,1-3H3. The van der Waals surface area contributed by atoms with E-state index in [1.807, 2.05) is 60.7 Å². The molecule has 0 atom stereocenters. The van der Waals surface area contributed by atoms with Crippen LogP contribution in [-0.2, 0) is 12.8 Å². The average molecular weight is 380 g/mol. The van der Waals surface area contributed by atoms with Gasteiger partial charge in [0.2, 0.25) is 5.78 Å². The van der Waals surface area contributed by atoms with Gasteiger partial charge in [-0.1, -0.05) is 36.0 Å². The predicted octanol–water partition coefficient (Wildman–Crippen LogP) is 3.66. The number of hydrogen-bond donors (Lipinski definition) is 0. The van der Waals surface area contributed by atoms with Crippen LogP contribution in [0.25, 0.3) is 16.7 Å². The fourth-order valence-electron chi connectivity index (χ4n) is 3.03. The minimum atomic E-state index is -0.0689. The lowest BCUT2D eigenvalue weighted by Gasteiger charge is -2.11. The molecular weight excluding hydrogens is 360 g/mol. The highest BCUT2D eigenvalue weighted by molar-refractivity contribution is 7.98. The normalized spacial score (nSPS) is 11.6. The van der Waals surface area contributed by atoms with Gasteiger partial charge in [-0.2, -0.15) is 0 Å². The molecule has 0 amide bonds. The van der Waals surface area contributed by atoms with Gasteiger partial charge in [0.1, 0.15) is 5.75 Å². The van der Waals surface area contributed by atoms with Crippen molar-refractivity contribution in [3.8, 4) is 5.75 Å². The van der Waals surface area contributed by atoms with Crippen LogP contribution in [0, 0.1) is 0 Å². The van der Waals surface area contributed by atoms with E-state index in [0.717, 1.165) is 27.7 Å². The molecular formula is C20H20N4O2S. The van der Waals surface area contributed by atoms with Gasteiger partial charge in [-0.3, -0.25) is 13.8 Å². The van der Waals surface area contributed by atoms with Crippen LogP contribution in [0.5, 0.6) is 5.75 Å². The third-order valence-electron chi connectivity index (χ3n) is 4.23. The van der Waals surface area contributed by atoms with Crippen molar-refractivity contribution in [1.29, 1.82) is 0 Å². The van der Waals surface area contributed by atoms with E-state index in [0.29, 0.717) is 11.2 Å². The highest BCUT2D eigenvalue weighted by Gasteiger charge is 2.15. The summed E-state index contributed by atoms with van der Waals surface area (Å²) >= 11 is 1.59. The van der Waals surface area contributed by atoms with E-state index >= 15 is 0 Å². The number of ether oxygens (including phenoxy) is 1. The Morgan fingerprint density at radius 3 is 2.74 bits per heavy atom. The number of rotatable bonds is 5. The van der Waals surface area contributed by atoms with Gasteiger partial charge in [0, 0.05) is 12.8 Å². The lowest BCUT2D eigenvalue weighted by atomic mass is 10.2. The zero-order valence-electron chi connectivity index (χ0n) is 15.4. The van der Waals surface area contributed by atoms with Crippen LogP contribution in [0.15, 0.2) is 58.5 Å². The Balaban J connectivity index is 1.71. The molecule has 0 saturated heterocycles. The second-order valence-corrected chi connectivity index (χ2v) is 7.54. The number of aryl methyl sites for hydroxylation is 1. The van der Waals surface area contributed by atoms with Crippen LogP contribution in [0.3, 0.4) is 0 Å². The largest absolute Gasteiger partial charge is 0.491 e. The molecule has 0 radical (unpaired) electrons. The summed E-state index contributed by atoms with van der Waals surface area (Å²) in [5, 5.41) is 9.96. The maximum Gasteiger partial charge on any atom is 0.262 e. The number of para-hydroxylation sites is 1. The third kappa shape index (κ3) is 3.30. The minimum Gasteiger partial charge on any atom is -0.491 e. The van der Waals surface area contributed by atoms with Crippen molar-refractivity contribution in [3.05, 3.63) is 64.4 Å². The van der Waals surface area contributed by atoms with E-state index in [4.69, 9.17) is 4.74 Å². The predicted molar refractivity (Wildman–Crippen MR) is 108 cm³/mol. The van der Waals surface area contributed by atoms with Crippen molar-refractivity contribution in [2.45, 2.75) is 30.9 Å². The second-order valence-electron chi connectivity index (χ2n) is 6.60. The first-order valence-electron chi connectivity index (χ1n) is 8.76. The molecule has 2 aromatic heterocycles. The van der Waals surface area contributed by atoms with E-state index in [-0.39, 0.29) is 11.7 Å². The Morgan fingerprint density at radius 1 is 1.11 bits per heavy atom. The fourth-order valence-corrected chi connectivity index (χ4v) is 3.92. The molecule has 0 saturated carbocycles. The zero-order chi connectivity index (χ0) is 19.0. The van der Waals surface area contributed by atoms with Gasteiger partial charge in [-0.05, 0) is 43.7 Å². The fraction of sp³-hybridized carbons (Fsp3) is 0.250. The summed E-state index contributed by atoms with van der Waals surface area (Å²) in [6.45, 7) is 4.03. The molecule has 0 aliphatic heterocycles. The molecule has 4 aromatic rings. The summed E-state index contributed by atoms with van der Waals surface area (Å²) in [5.74, 6) is 2.13. The Bertz CT molecular complexity index is 1180. The number of nitrogens with zero attached hydrogens (tertiary/aromatic N) is 4. The van der Waals surface area contributed by atoms with Crippen LogP contribution in [-0.4, -0.2) is 25.3 Å². The molecule has 2 heterocycles. The van der Waals surface area contributed by atoms with E-state index in [9.17, 15) is 4.79 Å². The molecule has 138 valence electrons. The average Bonchev–Trinajstić information content (AvgIpc) is 3.08. The number of benzene rings is 2. The maximum absolute atomic E-state index is 12.5. The van der Waals surface area contributed by atoms with Crippen molar-refractivity contribution in [2.75, 3.05) is 0 Å². The summed E-state index contributed by atoms with van der Waals surface area (Å²) in [6, 6.07) is 15.6. The molecule has 27 heavy (non-hydrogen) atoms. The number of aromatic nitrogens is 4. The quantitative estimate of drug-likeness (QED) is 0.495. The Labute approximate surface area is 160 Å². The van der Waals surface area contributed by atoms with Crippen molar-refractivity contribution in [1.82, 2.24) is 19.2 Å². The van der Waals surface area contributed by atoms with Gasteiger partial charge in [0.25, 0.3) is 5.56 Å². The van der Waals surface area contributed by atoms with Gasteiger partial charge in [-0.25, -0.2) is 0 Å². The van der Waals surface area contributed by atoms with Gasteiger partial charge < -0.3 is 4.74 Å². The van der Waals surface area contributed by atoms with Crippen LogP contribution in [0.4, 0.5) is 0 Å². The minimum absolute atomic E-state index is 0.0689. The Kier molecular flexibility index (Phi) is 4.61. The van der Waals surface area contributed by atoms with Crippen molar-refractivity contribution >= 4 is 28.4 Å². The summed E-state index contributed by atoms with van der Waals surface area (Å²) < 4.78 is 9.25. The first-order chi connectivity index (χ1) is 13.0. The number of hydrogen-bond acceptors (Lipinski definition) is 5. The molecule has 0 fully saturated rings. The summed E-state index contributed by atoms with van der Waals surface area (Å²) in [6.07, 6.45) is 0.140. The molecule has 7 heteroatoms. The SMILES string of the molecule is CC(C)Oc1cccc(CSc2nnc3n(C)c(=O)c4ccccc4n23)c1. The monoisotopic (exact) mass is 380 g/mol. The van der Waals surface area contributed by atoms with E-state index in [1.54, 1.807) is 18.8 Å². The highest BCUT2D eigenvalue weighted by Crippen LogP contribution is 2.26. The summed E-state index contributed by atoms with van der Waals surface area (Å²) in [7, 11) is 1.72. The Hall–Kier alpha value is -2.80. The lowest BCUT2D eigenvalue weighted by molar-refractivity contribution is 0.242. The molecule has 0 unspecified atom stereocenters. The summed E-state index contributed by atoms with van der Waals surface area (Å²) in [4.78, 5) is 12.5. The molecule has 0 aliphatic carbocycles. The highest BCUT2D eigenvalue weighted by atomic mass is 32.2.